The molecule has 22 heavy (non-hydrogen) atoms. The van der Waals surface area contributed by atoms with Crippen molar-refractivity contribution in [1.82, 2.24) is 4.90 Å². The number of hydrogen-bond donors (Lipinski definition) is 1. The molecule has 1 unspecified atom stereocenters. The van der Waals surface area contributed by atoms with E-state index < -0.39 is 17.9 Å². The van der Waals surface area contributed by atoms with Gasteiger partial charge in [0, 0.05) is 11.5 Å². The molecule has 1 atom stereocenters. The molecule has 0 fully saturated rings. The molecular weight excluding hydrogens is 356 g/mol. The quantitative estimate of drug-likeness (QED) is 0.857. The van der Waals surface area contributed by atoms with E-state index in [-0.39, 0.29) is 19.1 Å². The molecule has 2 rings (SSSR count). The maximum absolute atomic E-state index is 12.2. The van der Waals surface area contributed by atoms with E-state index in [0.717, 1.165) is 9.37 Å². The molecule has 1 aromatic rings. The second-order valence-corrected chi connectivity index (χ2v) is 5.82. The molecule has 7 nitrogen and oxygen atoms in total. The Balaban J connectivity index is 2.21. The third kappa shape index (κ3) is 3.22. The lowest BCUT2D eigenvalue weighted by atomic mass is 10.2. The van der Waals surface area contributed by atoms with E-state index in [0.29, 0.717) is 11.4 Å². The van der Waals surface area contributed by atoms with Gasteiger partial charge in [-0.3, -0.25) is 14.5 Å². The van der Waals surface area contributed by atoms with Gasteiger partial charge in [0.1, 0.15) is 18.3 Å². The Kier molecular flexibility index (Phi) is 4.70. The second kappa shape index (κ2) is 6.35. The number of anilines is 1. The van der Waals surface area contributed by atoms with Crippen LogP contribution in [0.4, 0.5) is 5.69 Å². The number of carboxylic acids is 1. The van der Waals surface area contributed by atoms with Crippen LogP contribution in [0.2, 0.25) is 0 Å². The molecule has 0 saturated heterocycles. The Morgan fingerprint density at radius 3 is 2.82 bits per heavy atom. The lowest BCUT2D eigenvalue weighted by Gasteiger charge is -2.31. The zero-order valence-corrected chi connectivity index (χ0v) is 13.7. The van der Waals surface area contributed by atoms with Crippen molar-refractivity contribution in [3.63, 3.8) is 0 Å². The minimum atomic E-state index is -1.10. The summed E-state index contributed by atoms with van der Waals surface area (Å²) in [5.41, 5.74) is 0.490. The van der Waals surface area contributed by atoms with E-state index in [1.807, 2.05) is 0 Å². The van der Waals surface area contributed by atoms with Crippen molar-refractivity contribution in [2.75, 3.05) is 25.1 Å². The van der Waals surface area contributed by atoms with E-state index in [2.05, 4.69) is 15.9 Å². The number of carbonyl (C=O) groups is 3. The molecule has 0 spiro atoms. The van der Waals surface area contributed by atoms with Gasteiger partial charge >= 0.3 is 5.97 Å². The summed E-state index contributed by atoms with van der Waals surface area (Å²) >= 11 is 3.31. The third-order valence-electron chi connectivity index (χ3n) is 3.49. The maximum atomic E-state index is 12.2. The predicted octanol–water partition coefficient (Wildman–Crippen LogP) is 1.11. The lowest BCUT2D eigenvalue weighted by molar-refractivity contribution is -0.147. The highest BCUT2D eigenvalue weighted by Gasteiger charge is 2.30. The number of amides is 2. The van der Waals surface area contributed by atoms with Crippen molar-refractivity contribution in [2.45, 2.75) is 13.0 Å². The fourth-order valence-corrected chi connectivity index (χ4v) is 2.32. The van der Waals surface area contributed by atoms with Gasteiger partial charge in [0.05, 0.1) is 5.69 Å². The fourth-order valence-electron chi connectivity index (χ4n) is 1.98. The Labute approximate surface area is 135 Å². The molecule has 1 aromatic carbocycles. The van der Waals surface area contributed by atoms with Gasteiger partial charge in [0.2, 0.25) is 5.91 Å². The molecule has 1 aliphatic heterocycles. The number of halogens is 1. The number of ether oxygens (including phenoxy) is 1. The molecule has 1 heterocycles. The van der Waals surface area contributed by atoms with Gasteiger partial charge in [0.25, 0.3) is 5.91 Å². The highest BCUT2D eigenvalue weighted by atomic mass is 79.9. The van der Waals surface area contributed by atoms with Gasteiger partial charge in [-0.1, -0.05) is 15.9 Å². The van der Waals surface area contributed by atoms with E-state index in [1.165, 1.54) is 18.9 Å². The molecule has 0 bridgehead atoms. The normalized spacial score (nSPS) is 14.9. The number of nitrogens with zero attached hydrogens (tertiary/aromatic N) is 2. The first-order chi connectivity index (χ1) is 10.3. The van der Waals surface area contributed by atoms with Crippen molar-refractivity contribution in [2.24, 2.45) is 0 Å². The monoisotopic (exact) mass is 370 g/mol. The van der Waals surface area contributed by atoms with Crippen LogP contribution in [0, 0.1) is 0 Å². The Morgan fingerprint density at radius 1 is 1.50 bits per heavy atom. The van der Waals surface area contributed by atoms with Gasteiger partial charge in [-0.2, -0.15) is 0 Å². The van der Waals surface area contributed by atoms with Crippen LogP contribution in [-0.4, -0.2) is 54.0 Å². The zero-order valence-electron chi connectivity index (χ0n) is 12.1. The molecule has 0 aromatic heterocycles. The molecule has 0 aliphatic carbocycles. The van der Waals surface area contributed by atoms with Crippen LogP contribution in [0.3, 0.4) is 0 Å². The van der Waals surface area contributed by atoms with Crippen molar-refractivity contribution in [1.29, 1.82) is 0 Å². The van der Waals surface area contributed by atoms with E-state index in [1.54, 1.807) is 18.2 Å². The van der Waals surface area contributed by atoms with Crippen LogP contribution in [-0.2, 0) is 14.4 Å². The largest absolute Gasteiger partial charge is 0.482 e. The van der Waals surface area contributed by atoms with Crippen molar-refractivity contribution >= 4 is 39.4 Å². The number of carbonyl (C=O) groups excluding carboxylic acids is 2. The van der Waals surface area contributed by atoms with E-state index in [4.69, 9.17) is 9.84 Å². The Hall–Kier alpha value is -2.09. The summed E-state index contributed by atoms with van der Waals surface area (Å²) in [4.78, 5) is 37.5. The summed E-state index contributed by atoms with van der Waals surface area (Å²) in [7, 11) is 1.40. The number of likely N-dealkylation sites (N-methyl/N-ethyl adjacent to an activating group) is 1. The molecule has 8 heteroatoms. The molecule has 2 amide bonds. The average Bonchev–Trinajstić information content (AvgIpc) is 2.48. The number of benzene rings is 1. The summed E-state index contributed by atoms with van der Waals surface area (Å²) in [6.45, 7) is 1.02. The summed E-state index contributed by atoms with van der Waals surface area (Å²) in [6, 6.07) is 4.16. The van der Waals surface area contributed by atoms with Crippen LogP contribution in [0.5, 0.6) is 5.75 Å². The second-order valence-electron chi connectivity index (χ2n) is 4.90. The third-order valence-corrected chi connectivity index (χ3v) is 3.98. The fraction of sp³-hybridized carbons (Fsp3) is 0.357. The molecule has 0 radical (unpaired) electrons. The van der Waals surface area contributed by atoms with Crippen LogP contribution in [0.15, 0.2) is 22.7 Å². The number of rotatable bonds is 4. The first kappa shape index (κ1) is 16.3. The van der Waals surface area contributed by atoms with Crippen molar-refractivity contribution in [3.05, 3.63) is 22.7 Å². The number of carboxylic acid groups (broad SMARTS) is 1. The van der Waals surface area contributed by atoms with Gasteiger partial charge in [-0.15, -0.1) is 0 Å². The molecule has 0 saturated carbocycles. The Morgan fingerprint density at radius 2 is 2.18 bits per heavy atom. The zero-order chi connectivity index (χ0) is 16.4. The van der Waals surface area contributed by atoms with Crippen molar-refractivity contribution < 1.29 is 24.2 Å². The Bertz CT molecular complexity index is 634. The van der Waals surface area contributed by atoms with Gasteiger partial charge in [-0.25, -0.2) is 4.79 Å². The van der Waals surface area contributed by atoms with Crippen LogP contribution in [0.25, 0.3) is 0 Å². The van der Waals surface area contributed by atoms with Crippen molar-refractivity contribution in [3.8, 4) is 5.75 Å². The lowest BCUT2D eigenvalue weighted by Crippen LogP contribution is -2.49. The SMILES string of the molecule is CC(C(=O)O)N(C)C(=O)CN1C(=O)COc2cc(Br)ccc21. The topological polar surface area (TPSA) is 87.2 Å². The minimum Gasteiger partial charge on any atom is -0.482 e. The molecule has 118 valence electrons. The number of fused-ring (bicyclic) bond motifs is 1. The summed E-state index contributed by atoms with van der Waals surface area (Å²) in [5, 5.41) is 8.95. The van der Waals surface area contributed by atoms with Crippen LogP contribution in [0.1, 0.15) is 6.92 Å². The average molecular weight is 371 g/mol. The summed E-state index contributed by atoms with van der Waals surface area (Å²) in [5.74, 6) is -1.41. The first-order valence-electron chi connectivity index (χ1n) is 6.52. The van der Waals surface area contributed by atoms with Gasteiger partial charge in [0.15, 0.2) is 6.61 Å². The first-order valence-corrected chi connectivity index (χ1v) is 7.31. The standard InChI is InChI=1S/C14H15BrN2O5/c1-8(14(20)21)16(2)12(18)6-17-10-4-3-9(15)5-11(10)22-7-13(17)19/h3-5,8H,6-7H2,1-2H3,(H,20,21). The van der Waals surface area contributed by atoms with Crippen LogP contribution < -0.4 is 9.64 Å². The molecular formula is C14H15BrN2O5. The van der Waals surface area contributed by atoms with Gasteiger partial charge in [-0.05, 0) is 25.1 Å². The predicted molar refractivity (Wildman–Crippen MR) is 81.9 cm³/mol. The minimum absolute atomic E-state index is 0.158. The molecule has 1 aliphatic rings. The van der Waals surface area contributed by atoms with Gasteiger partial charge < -0.3 is 14.7 Å². The number of aliphatic carboxylic acids is 1. The highest BCUT2D eigenvalue weighted by Crippen LogP contribution is 2.34. The smallest absolute Gasteiger partial charge is 0.326 e. The van der Waals surface area contributed by atoms with Crippen LogP contribution >= 0.6 is 15.9 Å². The molecule has 1 N–H and O–H groups in total. The summed E-state index contributed by atoms with van der Waals surface area (Å²) < 4.78 is 6.13. The van der Waals surface area contributed by atoms with E-state index >= 15 is 0 Å². The highest BCUT2D eigenvalue weighted by molar-refractivity contribution is 9.10. The summed E-state index contributed by atoms with van der Waals surface area (Å²) in [6.07, 6.45) is 0. The maximum Gasteiger partial charge on any atom is 0.326 e. The van der Waals surface area contributed by atoms with E-state index in [9.17, 15) is 14.4 Å². The number of hydrogen-bond acceptors (Lipinski definition) is 4.